The molecule has 5 nitrogen and oxygen atoms in total. The number of nitrogens with one attached hydrogen (secondary N) is 1. The molecule has 0 aliphatic rings. The van der Waals surface area contributed by atoms with Gasteiger partial charge in [0.15, 0.2) is 6.61 Å². The van der Waals surface area contributed by atoms with Crippen LogP contribution >= 0.6 is 0 Å². The molecule has 1 radical (unpaired) electrons. The van der Waals surface area contributed by atoms with Gasteiger partial charge < -0.3 is 19.9 Å². The Morgan fingerprint density at radius 3 is 2.88 bits per heavy atom. The fourth-order valence-electron chi connectivity index (χ4n) is 1.30. The highest BCUT2D eigenvalue weighted by atomic mass is 16.5. The van der Waals surface area contributed by atoms with Crippen LogP contribution in [0.5, 0.6) is 11.5 Å². The van der Waals surface area contributed by atoms with Gasteiger partial charge in [0.05, 0.1) is 13.7 Å². The van der Waals surface area contributed by atoms with Crippen molar-refractivity contribution in [2.75, 3.05) is 13.7 Å². The third-order valence-corrected chi connectivity index (χ3v) is 2.10. The number of benzene rings is 1. The highest BCUT2D eigenvalue weighted by molar-refractivity contribution is 5.78. The van der Waals surface area contributed by atoms with Crippen molar-refractivity contribution in [1.82, 2.24) is 5.32 Å². The lowest BCUT2D eigenvalue weighted by molar-refractivity contribution is -0.122. The van der Waals surface area contributed by atoms with Gasteiger partial charge in [-0.25, -0.2) is 0 Å². The lowest BCUT2D eigenvalue weighted by atomic mass is 10.2. The number of ether oxygens (including phenoxy) is 2. The zero-order valence-corrected chi connectivity index (χ0v) is 9.90. The first-order valence-corrected chi connectivity index (χ1v) is 5.19. The Bertz CT molecular complexity index is 379. The van der Waals surface area contributed by atoms with Crippen LogP contribution in [0, 0.1) is 6.54 Å². The molecule has 1 rings (SSSR count). The van der Waals surface area contributed by atoms with Crippen LogP contribution in [0.15, 0.2) is 18.2 Å². The van der Waals surface area contributed by atoms with E-state index < -0.39 is 0 Å². The van der Waals surface area contributed by atoms with Crippen LogP contribution in [0.1, 0.15) is 12.5 Å². The minimum atomic E-state index is -0.224. The maximum Gasteiger partial charge on any atom is 0.258 e. The molecule has 5 heteroatoms. The lowest BCUT2D eigenvalue weighted by Crippen LogP contribution is -2.25. The number of aliphatic hydroxyl groups is 1. The van der Waals surface area contributed by atoms with E-state index in [0.717, 1.165) is 0 Å². The van der Waals surface area contributed by atoms with Gasteiger partial charge in [0.2, 0.25) is 0 Å². The van der Waals surface area contributed by atoms with Crippen LogP contribution < -0.4 is 14.8 Å². The highest BCUT2D eigenvalue weighted by Gasteiger charge is 2.06. The van der Waals surface area contributed by atoms with E-state index in [-0.39, 0.29) is 19.1 Å². The number of amides is 1. The molecule has 0 aliphatic carbocycles. The Morgan fingerprint density at radius 2 is 2.29 bits per heavy atom. The summed E-state index contributed by atoms with van der Waals surface area (Å²) in [7, 11) is 1.51. The van der Waals surface area contributed by atoms with Crippen LogP contribution in [0.25, 0.3) is 0 Å². The first-order valence-electron chi connectivity index (χ1n) is 5.19. The molecular weight excluding hydrogens is 222 g/mol. The van der Waals surface area contributed by atoms with Gasteiger partial charge >= 0.3 is 0 Å². The number of hydrogen-bond acceptors (Lipinski definition) is 4. The van der Waals surface area contributed by atoms with Crippen molar-refractivity contribution >= 4 is 5.91 Å². The smallest absolute Gasteiger partial charge is 0.258 e. The molecule has 93 valence electrons. The SMILES string of the molecule is C[CH]NC(=O)COc1ccc(CO)c(OC)c1. The number of aliphatic hydroxyl groups excluding tert-OH is 1. The molecule has 2 N–H and O–H groups in total. The zero-order chi connectivity index (χ0) is 12.7. The van der Waals surface area contributed by atoms with E-state index in [1.807, 2.05) is 0 Å². The minimum absolute atomic E-state index is 0.0635. The van der Waals surface area contributed by atoms with Crippen molar-refractivity contribution in [3.63, 3.8) is 0 Å². The molecular formula is C12H16NO4. The van der Waals surface area contributed by atoms with Gasteiger partial charge in [-0.2, -0.15) is 0 Å². The summed E-state index contributed by atoms with van der Waals surface area (Å²) < 4.78 is 10.4. The summed E-state index contributed by atoms with van der Waals surface area (Å²) in [5.41, 5.74) is 0.672. The Hall–Kier alpha value is -1.75. The van der Waals surface area contributed by atoms with Crippen molar-refractivity contribution < 1.29 is 19.4 Å². The summed E-state index contributed by atoms with van der Waals surface area (Å²) >= 11 is 0. The van der Waals surface area contributed by atoms with Crippen molar-refractivity contribution in [2.45, 2.75) is 13.5 Å². The molecule has 17 heavy (non-hydrogen) atoms. The van der Waals surface area contributed by atoms with E-state index in [1.165, 1.54) is 7.11 Å². The van der Waals surface area contributed by atoms with Crippen LogP contribution in [-0.2, 0) is 11.4 Å². The van der Waals surface area contributed by atoms with Gasteiger partial charge in [0.1, 0.15) is 11.5 Å². The largest absolute Gasteiger partial charge is 0.496 e. The maximum atomic E-state index is 11.2. The molecule has 0 aromatic heterocycles. The third-order valence-electron chi connectivity index (χ3n) is 2.10. The lowest BCUT2D eigenvalue weighted by Gasteiger charge is -2.10. The van der Waals surface area contributed by atoms with Crippen LogP contribution in [-0.4, -0.2) is 24.7 Å². The molecule has 1 aromatic carbocycles. The molecule has 0 spiro atoms. The summed E-state index contributed by atoms with van der Waals surface area (Å²) in [5.74, 6) is 0.829. The van der Waals surface area contributed by atoms with Crippen LogP contribution in [0.3, 0.4) is 0 Å². The van der Waals surface area contributed by atoms with E-state index >= 15 is 0 Å². The molecule has 0 bridgehead atoms. The van der Waals surface area contributed by atoms with Gasteiger partial charge in [0, 0.05) is 18.2 Å². The molecule has 0 saturated heterocycles. The Kier molecular flexibility index (Phi) is 5.29. The predicted molar refractivity (Wildman–Crippen MR) is 62.5 cm³/mol. The van der Waals surface area contributed by atoms with Gasteiger partial charge in [-0.3, -0.25) is 4.79 Å². The van der Waals surface area contributed by atoms with Crippen LogP contribution in [0.4, 0.5) is 0 Å². The average molecular weight is 238 g/mol. The summed E-state index contributed by atoms with van der Waals surface area (Å²) in [6.07, 6.45) is 0. The van der Waals surface area contributed by atoms with Gasteiger partial charge in [-0.05, 0) is 19.1 Å². The van der Waals surface area contributed by atoms with Gasteiger partial charge in [-0.15, -0.1) is 0 Å². The van der Waals surface area contributed by atoms with Crippen molar-refractivity contribution in [3.8, 4) is 11.5 Å². The second-order valence-corrected chi connectivity index (χ2v) is 3.28. The second-order valence-electron chi connectivity index (χ2n) is 3.28. The van der Waals surface area contributed by atoms with E-state index in [2.05, 4.69) is 5.32 Å². The van der Waals surface area contributed by atoms with E-state index in [9.17, 15) is 4.79 Å². The Balaban J connectivity index is 2.63. The molecule has 0 saturated carbocycles. The molecule has 0 atom stereocenters. The Labute approximate surface area is 100 Å². The standard InChI is InChI=1S/C12H16NO4/c1-3-13-12(15)8-17-10-5-4-9(7-14)11(6-10)16-2/h3-6,14H,7-8H2,1-2H3,(H,13,15). The Morgan fingerprint density at radius 1 is 1.53 bits per heavy atom. The number of carbonyl (C=O) groups is 1. The van der Waals surface area contributed by atoms with Gasteiger partial charge in [-0.1, -0.05) is 0 Å². The molecule has 1 amide bonds. The summed E-state index contributed by atoms with van der Waals surface area (Å²) in [5, 5.41) is 11.5. The quantitative estimate of drug-likeness (QED) is 0.771. The number of methoxy groups -OCH3 is 1. The second kappa shape index (κ2) is 6.75. The molecule has 0 aliphatic heterocycles. The van der Waals surface area contributed by atoms with E-state index in [4.69, 9.17) is 14.6 Å². The van der Waals surface area contributed by atoms with E-state index in [1.54, 1.807) is 31.7 Å². The zero-order valence-electron chi connectivity index (χ0n) is 9.90. The molecule has 1 aromatic rings. The topological polar surface area (TPSA) is 67.8 Å². The molecule has 0 heterocycles. The third kappa shape index (κ3) is 3.96. The maximum absolute atomic E-state index is 11.2. The predicted octanol–water partition coefficient (Wildman–Crippen LogP) is 0.864. The van der Waals surface area contributed by atoms with Crippen LogP contribution in [0.2, 0.25) is 0 Å². The molecule has 0 unspecified atom stereocenters. The van der Waals surface area contributed by atoms with Crippen molar-refractivity contribution in [3.05, 3.63) is 30.3 Å². The fraction of sp³-hybridized carbons (Fsp3) is 0.333. The summed E-state index contributed by atoms with van der Waals surface area (Å²) in [6, 6.07) is 5.00. The monoisotopic (exact) mass is 238 g/mol. The number of hydrogen-bond donors (Lipinski definition) is 2. The van der Waals surface area contributed by atoms with Crippen molar-refractivity contribution in [2.24, 2.45) is 0 Å². The highest BCUT2D eigenvalue weighted by Crippen LogP contribution is 2.24. The fourth-order valence-corrected chi connectivity index (χ4v) is 1.30. The average Bonchev–Trinajstić information content (AvgIpc) is 2.36. The van der Waals surface area contributed by atoms with Crippen molar-refractivity contribution in [1.29, 1.82) is 0 Å². The molecule has 0 fully saturated rings. The normalized spacial score (nSPS) is 9.82. The van der Waals surface area contributed by atoms with E-state index in [0.29, 0.717) is 17.1 Å². The summed E-state index contributed by atoms with van der Waals surface area (Å²) in [4.78, 5) is 11.2. The number of carbonyl (C=O) groups excluding carboxylic acids is 1. The first kappa shape index (κ1) is 13.3. The number of rotatable bonds is 6. The minimum Gasteiger partial charge on any atom is -0.496 e. The van der Waals surface area contributed by atoms with Gasteiger partial charge in [0.25, 0.3) is 5.91 Å². The first-order chi connectivity index (χ1) is 8.21. The summed E-state index contributed by atoms with van der Waals surface area (Å²) in [6.45, 7) is 3.10.